The summed E-state index contributed by atoms with van der Waals surface area (Å²) >= 11 is 5.76. The zero-order chi connectivity index (χ0) is 23.3. The lowest BCUT2D eigenvalue weighted by molar-refractivity contribution is -0.116. The average Bonchev–Trinajstić information content (AvgIpc) is 3.60. The number of amides is 1. The minimum Gasteiger partial charge on any atom is -0.376 e. The van der Waals surface area contributed by atoms with E-state index in [9.17, 15) is 4.79 Å². The molecule has 2 saturated heterocycles. The summed E-state index contributed by atoms with van der Waals surface area (Å²) in [4.78, 5) is 19.4. The van der Waals surface area contributed by atoms with Crippen molar-refractivity contribution in [2.24, 2.45) is 0 Å². The fraction of sp³-hybridized carbons (Fsp3) is 0.346. The SMILES string of the molecule is O=C(CCN1C(=S)N[C@H](c2ccccn2)[C@H]1c1cccn1C[C@H]1CCCO1)Nc1ccccc1. The first-order valence-corrected chi connectivity index (χ1v) is 12.2. The van der Waals surface area contributed by atoms with Gasteiger partial charge < -0.3 is 24.8 Å². The summed E-state index contributed by atoms with van der Waals surface area (Å²) in [6.07, 6.45) is 6.65. The molecule has 0 bridgehead atoms. The number of carbonyl (C=O) groups is 1. The lowest BCUT2D eigenvalue weighted by atomic mass is 10.0. The Bertz CT molecular complexity index is 1110. The Kier molecular flexibility index (Phi) is 6.87. The van der Waals surface area contributed by atoms with Crippen molar-refractivity contribution in [2.45, 2.75) is 44.0 Å². The summed E-state index contributed by atoms with van der Waals surface area (Å²) in [5, 5.41) is 7.08. The maximum absolute atomic E-state index is 12.7. The number of anilines is 1. The summed E-state index contributed by atoms with van der Waals surface area (Å²) in [5.41, 5.74) is 2.86. The smallest absolute Gasteiger partial charge is 0.226 e. The molecular weight excluding hydrogens is 446 g/mol. The molecule has 34 heavy (non-hydrogen) atoms. The summed E-state index contributed by atoms with van der Waals surface area (Å²) in [7, 11) is 0. The molecule has 0 saturated carbocycles. The maximum atomic E-state index is 12.7. The zero-order valence-corrected chi connectivity index (χ0v) is 19.8. The molecule has 3 aromatic rings. The second-order valence-corrected chi connectivity index (χ2v) is 9.09. The van der Waals surface area contributed by atoms with Gasteiger partial charge in [0.2, 0.25) is 5.91 Å². The standard InChI is InChI=1S/C26H29N5O2S/c32-23(28-19-8-2-1-3-9-19)13-16-31-25(24(29-26(31)34)21-11-4-5-14-27-21)22-12-6-15-30(22)18-20-10-7-17-33-20/h1-6,8-9,11-12,14-15,20,24-25H,7,10,13,16-18H2,(H,28,32)(H,29,34)/t20-,24-,25-/m1/s1. The molecule has 1 aromatic carbocycles. The number of thiocarbonyl (C=S) groups is 1. The van der Waals surface area contributed by atoms with E-state index in [2.05, 4.69) is 43.4 Å². The molecular formula is C26H29N5O2S. The normalized spacial score (nSPS) is 22.1. The van der Waals surface area contributed by atoms with Crippen molar-refractivity contribution in [3.05, 3.63) is 84.4 Å². The van der Waals surface area contributed by atoms with E-state index in [1.165, 1.54) is 0 Å². The van der Waals surface area contributed by atoms with Gasteiger partial charge in [-0.2, -0.15) is 0 Å². The van der Waals surface area contributed by atoms with Gasteiger partial charge >= 0.3 is 0 Å². The van der Waals surface area contributed by atoms with Crippen molar-refractivity contribution in [3.8, 4) is 0 Å². The molecule has 2 aromatic heterocycles. The number of nitrogens with one attached hydrogen (secondary N) is 2. The summed E-state index contributed by atoms with van der Waals surface area (Å²) in [6.45, 7) is 2.14. The number of para-hydroxylation sites is 1. The Hall–Kier alpha value is -3.23. The van der Waals surface area contributed by atoms with Crippen molar-refractivity contribution in [1.82, 2.24) is 19.8 Å². The van der Waals surface area contributed by atoms with Crippen LogP contribution in [-0.4, -0.2) is 44.7 Å². The van der Waals surface area contributed by atoms with Crippen molar-refractivity contribution >= 4 is 28.9 Å². The Balaban J connectivity index is 1.38. The minimum absolute atomic E-state index is 0.0382. The maximum Gasteiger partial charge on any atom is 0.226 e. The highest BCUT2D eigenvalue weighted by Gasteiger charge is 2.41. The third-order valence-electron chi connectivity index (χ3n) is 6.43. The molecule has 2 aliphatic rings. The van der Waals surface area contributed by atoms with E-state index in [1.54, 1.807) is 6.20 Å². The van der Waals surface area contributed by atoms with Crippen LogP contribution in [0.5, 0.6) is 0 Å². The van der Waals surface area contributed by atoms with Crippen LogP contribution in [0.4, 0.5) is 5.69 Å². The summed E-state index contributed by atoms with van der Waals surface area (Å²) < 4.78 is 8.16. The van der Waals surface area contributed by atoms with Crippen LogP contribution in [0.3, 0.4) is 0 Å². The van der Waals surface area contributed by atoms with Gasteiger partial charge in [-0.05, 0) is 61.5 Å². The second-order valence-electron chi connectivity index (χ2n) is 8.70. The van der Waals surface area contributed by atoms with Crippen LogP contribution in [-0.2, 0) is 16.1 Å². The Morgan fingerprint density at radius 2 is 2.00 bits per heavy atom. The number of carbonyl (C=O) groups excluding carboxylic acids is 1. The van der Waals surface area contributed by atoms with E-state index in [-0.39, 0.29) is 24.1 Å². The molecule has 0 spiro atoms. The molecule has 1 amide bonds. The first-order chi connectivity index (χ1) is 16.7. The first kappa shape index (κ1) is 22.6. The average molecular weight is 476 g/mol. The lowest BCUT2D eigenvalue weighted by Crippen LogP contribution is -2.33. The fourth-order valence-electron chi connectivity index (χ4n) is 4.80. The molecule has 2 N–H and O–H groups in total. The van der Waals surface area contributed by atoms with Gasteiger partial charge in [-0.15, -0.1) is 0 Å². The van der Waals surface area contributed by atoms with Crippen molar-refractivity contribution in [1.29, 1.82) is 0 Å². The van der Waals surface area contributed by atoms with Crippen LogP contribution >= 0.6 is 12.2 Å². The van der Waals surface area contributed by atoms with Gasteiger partial charge in [0.05, 0.1) is 23.9 Å². The van der Waals surface area contributed by atoms with Crippen LogP contribution in [0.25, 0.3) is 0 Å². The molecule has 2 aliphatic heterocycles. The third kappa shape index (κ3) is 4.98. The first-order valence-electron chi connectivity index (χ1n) is 11.8. The van der Waals surface area contributed by atoms with E-state index in [0.717, 1.165) is 43.1 Å². The van der Waals surface area contributed by atoms with E-state index >= 15 is 0 Å². The Morgan fingerprint density at radius 3 is 2.76 bits per heavy atom. The lowest BCUT2D eigenvalue weighted by Gasteiger charge is -2.29. The predicted molar refractivity (Wildman–Crippen MR) is 135 cm³/mol. The van der Waals surface area contributed by atoms with Crippen LogP contribution in [0.2, 0.25) is 0 Å². The van der Waals surface area contributed by atoms with Gasteiger partial charge in [-0.3, -0.25) is 9.78 Å². The number of pyridine rings is 1. The number of hydrogen-bond acceptors (Lipinski definition) is 4. The highest BCUT2D eigenvalue weighted by molar-refractivity contribution is 7.80. The van der Waals surface area contributed by atoms with Crippen molar-refractivity contribution in [3.63, 3.8) is 0 Å². The van der Waals surface area contributed by atoms with E-state index in [0.29, 0.717) is 18.1 Å². The molecule has 176 valence electrons. The van der Waals surface area contributed by atoms with E-state index in [1.807, 2.05) is 48.5 Å². The van der Waals surface area contributed by atoms with Crippen LogP contribution in [0, 0.1) is 0 Å². The minimum atomic E-state index is -0.107. The highest BCUT2D eigenvalue weighted by Crippen LogP contribution is 2.39. The number of rotatable bonds is 8. The van der Waals surface area contributed by atoms with Gasteiger partial charge in [0, 0.05) is 49.9 Å². The van der Waals surface area contributed by atoms with Crippen molar-refractivity contribution < 1.29 is 9.53 Å². The van der Waals surface area contributed by atoms with Gasteiger partial charge in [0.15, 0.2) is 5.11 Å². The van der Waals surface area contributed by atoms with E-state index in [4.69, 9.17) is 17.0 Å². The molecule has 0 aliphatic carbocycles. The molecule has 3 atom stereocenters. The molecule has 2 fully saturated rings. The molecule has 0 radical (unpaired) electrons. The van der Waals surface area contributed by atoms with E-state index < -0.39 is 0 Å². The topological polar surface area (TPSA) is 71.4 Å². The van der Waals surface area contributed by atoms with Gasteiger partial charge in [0.1, 0.15) is 0 Å². The highest BCUT2D eigenvalue weighted by atomic mass is 32.1. The zero-order valence-electron chi connectivity index (χ0n) is 19.0. The number of ether oxygens (including phenoxy) is 1. The largest absolute Gasteiger partial charge is 0.376 e. The number of hydrogen-bond donors (Lipinski definition) is 2. The number of nitrogens with zero attached hydrogens (tertiary/aromatic N) is 3. The predicted octanol–water partition coefficient (Wildman–Crippen LogP) is 4.06. The Labute approximate surface area is 205 Å². The monoisotopic (exact) mass is 475 g/mol. The fourth-order valence-corrected chi connectivity index (χ4v) is 5.14. The molecule has 8 heteroatoms. The molecule has 4 heterocycles. The van der Waals surface area contributed by atoms with Crippen LogP contribution in [0.15, 0.2) is 73.1 Å². The quantitative estimate of drug-likeness (QED) is 0.479. The summed E-state index contributed by atoms with van der Waals surface area (Å²) in [5.74, 6) is -0.0382. The summed E-state index contributed by atoms with van der Waals surface area (Å²) in [6, 6.07) is 19.5. The molecule has 5 rings (SSSR count). The number of benzene rings is 1. The molecule has 7 nitrogen and oxygen atoms in total. The van der Waals surface area contributed by atoms with Gasteiger partial charge in [-0.1, -0.05) is 24.3 Å². The third-order valence-corrected chi connectivity index (χ3v) is 6.78. The van der Waals surface area contributed by atoms with Crippen LogP contribution < -0.4 is 10.6 Å². The van der Waals surface area contributed by atoms with Crippen molar-refractivity contribution in [2.75, 3.05) is 18.5 Å². The Morgan fingerprint density at radius 1 is 1.15 bits per heavy atom. The van der Waals surface area contributed by atoms with Gasteiger partial charge in [0.25, 0.3) is 0 Å². The van der Waals surface area contributed by atoms with Crippen LogP contribution in [0.1, 0.15) is 42.7 Å². The number of aromatic nitrogens is 2. The second kappa shape index (κ2) is 10.4. The van der Waals surface area contributed by atoms with Gasteiger partial charge in [-0.25, -0.2) is 0 Å². The molecule has 0 unspecified atom stereocenters.